The maximum absolute atomic E-state index is 11.8. The number of aliphatic hydroxyl groups is 1. The van der Waals surface area contributed by atoms with Crippen molar-refractivity contribution in [3.63, 3.8) is 0 Å². The normalized spacial score (nSPS) is 24.1. The van der Waals surface area contributed by atoms with Gasteiger partial charge < -0.3 is 14.8 Å². The highest BCUT2D eigenvalue weighted by atomic mass is 16.3. The topological polar surface area (TPSA) is 57.6 Å². The van der Waals surface area contributed by atoms with Crippen LogP contribution in [0.3, 0.4) is 0 Å². The van der Waals surface area contributed by atoms with Gasteiger partial charge in [0.1, 0.15) is 6.29 Å². The summed E-state index contributed by atoms with van der Waals surface area (Å²) < 4.78 is 0. The van der Waals surface area contributed by atoms with E-state index in [4.69, 9.17) is 0 Å². The number of aldehydes is 1. The van der Waals surface area contributed by atoms with Crippen LogP contribution in [0, 0.1) is 0 Å². The molecule has 1 amide bonds. The van der Waals surface area contributed by atoms with E-state index in [1.54, 1.807) is 31.3 Å². The molecule has 0 aromatic heterocycles. The van der Waals surface area contributed by atoms with Crippen LogP contribution in [-0.2, 0) is 15.2 Å². The van der Waals surface area contributed by atoms with Crippen LogP contribution >= 0.6 is 0 Å². The highest BCUT2D eigenvalue weighted by molar-refractivity contribution is 6.07. The van der Waals surface area contributed by atoms with E-state index in [0.29, 0.717) is 17.5 Å². The van der Waals surface area contributed by atoms with E-state index in [1.807, 2.05) is 0 Å². The van der Waals surface area contributed by atoms with Gasteiger partial charge in [0.25, 0.3) is 5.91 Å². The van der Waals surface area contributed by atoms with Crippen molar-refractivity contribution in [1.29, 1.82) is 0 Å². The second-order valence-electron chi connectivity index (χ2n) is 3.61. The predicted octanol–water partition coefficient (Wildman–Crippen LogP) is 0.440. The fourth-order valence-corrected chi connectivity index (χ4v) is 1.94. The Morgan fingerprint density at radius 3 is 2.80 bits per heavy atom. The number of benzene rings is 1. The van der Waals surface area contributed by atoms with Gasteiger partial charge in [-0.2, -0.15) is 0 Å². The van der Waals surface area contributed by atoms with Crippen LogP contribution in [0.1, 0.15) is 12.0 Å². The molecule has 1 atom stereocenters. The number of rotatable bonds is 2. The SMILES string of the molecule is CN1C(=O)[C@@](O)(CC=O)c2ccccc21. The quantitative estimate of drug-likeness (QED) is 0.713. The van der Waals surface area contributed by atoms with E-state index in [1.165, 1.54) is 4.90 Å². The number of fused-ring (bicyclic) bond motifs is 1. The van der Waals surface area contributed by atoms with Gasteiger partial charge in [0.2, 0.25) is 0 Å². The Balaban J connectivity index is 2.60. The molecule has 0 unspecified atom stereocenters. The molecule has 1 heterocycles. The smallest absolute Gasteiger partial charge is 0.263 e. The van der Waals surface area contributed by atoms with Crippen molar-refractivity contribution in [3.8, 4) is 0 Å². The molecule has 4 heteroatoms. The van der Waals surface area contributed by atoms with Gasteiger partial charge in [-0.15, -0.1) is 0 Å². The second kappa shape index (κ2) is 3.17. The maximum atomic E-state index is 11.8. The third-order valence-electron chi connectivity index (χ3n) is 2.75. The average Bonchev–Trinajstić information content (AvgIpc) is 2.43. The zero-order valence-electron chi connectivity index (χ0n) is 8.30. The molecule has 1 aliphatic heterocycles. The summed E-state index contributed by atoms with van der Waals surface area (Å²) in [5, 5.41) is 10.2. The predicted molar refractivity (Wildman–Crippen MR) is 54.4 cm³/mol. The second-order valence-corrected chi connectivity index (χ2v) is 3.61. The van der Waals surface area contributed by atoms with Crippen LogP contribution < -0.4 is 4.90 Å². The molecule has 0 saturated carbocycles. The maximum Gasteiger partial charge on any atom is 0.263 e. The van der Waals surface area contributed by atoms with Crippen molar-refractivity contribution in [3.05, 3.63) is 29.8 Å². The first kappa shape index (κ1) is 9.86. The summed E-state index contributed by atoms with van der Waals surface area (Å²) >= 11 is 0. The molecule has 0 radical (unpaired) electrons. The first-order valence-electron chi connectivity index (χ1n) is 4.65. The van der Waals surface area contributed by atoms with Crippen LogP contribution in [-0.4, -0.2) is 24.3 Å². The van der Waals surface area contributed by atoms with Gasteiger partial charge in [-0.3, -0.25) is 4.79 Å². The monoisotopic (exact) mass is 205 g/mol. The number of hydrogen-bond acceptors (Lipinski definition) is 3. The Hall–Kier alpha value is -1.68. The Bertz CT molecular complexity index is 430. The lowest BCUT2D eigenvalue weighted by Crippen LogP contribution is -2.38. The zero-order valence-corrected chi connectivity index (χ0v) is 8.30. The van der Waals surface area contributed by atoms with E-state index in [0.717, 1.165) is 0 Å². The van der Waals surface area contributed by atoms with E-state index < -0.39 is 11.5 Å². The summed E-state index contributed by atoms with van der Waals surface area (Å²) in [4.78, 5) is 23.7. The molecule has 78 valence electrons. The minimum absolute atomic E-state index is 0.201. The lowest BCUT2D eigenvalue weighted by Gasteiger charge is -2.18. The van der Waals surface area contributed by atoms with Crippen molar-refractivity contribution in [2.24, 2.45) is 0 Å². The van der Waals surface area contributed by atoms with Crippen molar-refractivity contribution in [2.45, 2.75) is 12.0 Å². The van der Waals surface area contributed by atoms with Gasteiger partial charge in [-0.25, -0.2) is 0 Å². The standard InChI is InChI=1S/C11H11NO3/c1-12-9-5-3-2-4-8(9)11(15,6-7-13)10(12)14/h2-5,7,15H,6H2,1H3/t11-/m1/s1. The molecule has 1 N–H and O–H groups in total. The largest absolute Gasteiger partial charge is 0.375 e. The van der Waals surface area contributed by atoms with Crippen molar-refractivity contribution in [1.82, 2.24) is 0 Å². The van der Waals surface area contributed by atoms with E-state index in [-0.39, 0.29) is 6.42 Å². The van der Waals surface area contributed by atoms with Crippen molar-refractivity contribution >= 4 is 17.9 Å². The summed E-state index contributed by atoms with van der Waals surface area (Å²) in [5.74, 6) is -0.448. The van der Waals surface area contributed by atoms with E-state index in [2.05, 4.69) is 0 Å². The summed E-state index contributed by atoms with van der Waals surface area (Å²) in [6.07, 6.45) is 0.362. The summed E-state index contributed by atoms with van der Waals surface area (Å²) in [6.45, 7) is 0. The van der Waals surface area contributed by atoms with Crippen LogP contribution in [0.2, 0.25) is 0 Å². The number of carbonyl (C=O) groups is 2. The molecular formula is C11H11NO3. The number of hydrogen-bond donors (Lipinski definition) is 1. The molecule has 1 aliphatic rings. The number of nitrogens with zero attached hydrogens (tertiary/aromatic N) is 1. The van der Waals surface area contributed by atoms with Crippen LogP contribution in [0.25, 0.3) is 0 Å². The van der Waals surface area contributed by atoms with Gasteiger partial charge in [0.05, 0.1) is 5.69 Å². The molecule has 1 aromatic carbocycles. The summed E-state index contributed by atoms with van der Waals surface area (Å²) in [7, 11) is 1.59. The van der Waals surface area contributed by atoms with Gasteiger partial charge in [0, 0.05) is 19.0 Å². The Morgan fingerprint density at radius 1 is 1.47 bits per heavy atom. The van der Waals surface area contributed by atoms with Crippen LogP contribution in [0.4, 0.5) is 5.69 Å². The molecule has 4 nitrogen and oxygen atoms in total. The van der Waals surface area contributed by atoms with Crippen molar-refractivity contribution < 1.29 is 14.7 Å². The Morgan fingerprint density at radius 2 is 2.13 bits per heavy atom. The van der Waals surface area contributed by atoms with Gasteiger partial charge in [-0.1, -0.05) is 18.2 Å². The van der Waals surface area contributed by atoms with Gasteiger partial charge >= 0.3 is 0 Å². The third kappa shape index (κ3) is 1.18. The van der Waals surface area contributed by atoms with Gasteiger partial charge in [0.15, 0.2) is 5.60 Å². The van der Waals surface area contributed by atoms with Crippen molar-refractivity contribution in [2.75, 3.05) is 11.9 Å². The summed E-state index contributed by atoms with van der Waals surface area (Å²) in [5.41, 5.74) is -0.510. The average molecular weight is 205 g/mol. The number of amides is 1. The molecule has 0 fully saturated rings. The number of anilines is 1. The van der Waals surface area contributed by atoms with Crippen LogP contribution in [0.5, 0.6) is 0 Å². The number of likely N-dealkylation sites (N-methyl/N-ethyl adjacent to an activating group) is 1. The van der Waals surface area contributed by atoms with Crippen LogP contribution in [0.15, 0.2) is 24.3 Å². The number of carbonyl (C=O) groups excluding carboxylic acids is 2. The molecule has 0 saturated heterocycles. The third-order valence-corrected chi connectivity index (χ3v) is 2.75. The fourth-order valence-electron chi connectivity index (χ4n) is 1.94. The molecule has 0 aliphatic carbocycles. The molecule has 2 rings (SSSR count). The number of para-hydroxylation sites is 1. The highest BCUT2D eigenvalue weighted by Crippen LogP contribution is 2.40. The lowest BCUT2D eigenvalue weighted by molar-refractivity contribution is -0.138. The molecule has 15 heavy (non-hydrogen) atoms. The Labute approximate surface area is 87.1 Å². The molecule has 0 spiro atoms. The summed E-state index contributed by atoms with van der Waals surface area (Å²) in [6, 6.07) is 6.94. The minimum Gasteiger partial charge on any atom is -0.375 e. The van der Waals surface area contributed by atoms with Gasteiger partial charge in [-0.05, 0) is 6.07 Å². The highest BCUT2D eigenvalue weighted by Gasteiger charge is 2.47. The van der Waals surface area contributed by atoms with E-state index >= 15 is 0 Å². The first-order chi connectivity index (χ1) is 7.11. The van der Waals surface area contributed by atoms with E-state index in [9.17, 15) is 14.7 Å². The molecular weight excluding hydrogens is 194 g/mol. The first-order valence-corrected chi connectivity index (χ1v) is 4.65. The Kier molecular flexibility index (Phi) is 2.08. The fraction of sp³-hybridized carbons (Fsp3) is 0.273. The minimum atomic E-state index is -1.67. The lowest BCUT2D eigenvalue weighted by atomic mass is 9.93. The zero-order chi connectivity index (χ0) is 11.1. The molecule has 1 aromatic rings. The molecule has 0 bridgehead atoms.